The number of aryl methyl sites for hydroxylation is 1. The summed E-state index contributed by atoms with van der Waals surface area (Å²) in [6.45, 7) is 1.83. The molecule has 0 aliphatic rings. The minimum Gasteiger partial charge on any atom is -0.438 e. The zero-order valence-corrected chi connectivity index (χ0v) is 15.7. The van der Waals surface area contributed by atoms with Crippen molar-refractivity contribution in [1.82, 2.24) is 15.8 Å². The van der Waals surface area contributed by atoms with E-state index in [1.165, 1.54) is 24.4 Å². The van der Waals surface area contributed by atoms with E-state index in [9.17, 15) is 22.8 Å². The first-order valence-corrected chi connectivity index (χ1v) is 8.72. The number of halogens is 3. The van der Waals surface area contributed by atoms with E-state index in [-0.39, 0.29) is 17.0 Å². The Labute approximate surface area is 169 Å². The van der Waals surface area contributed by atoms with E-state index in [1.54, 1.807) is 12.1 Å². The minimum atomic E-state index is -4.59. The van der Waals surface area contributed by atoms with Gasteiger partial charge in [0.1, 0.15) is 11.3 Å². The van der Waals surface area contributed by atoms with Gasteiger partial charge in [0, 0.05) is 11.8 Å². The van der Waals surface area contributed by atoms with Crippen molar-refractivity contribution in [3.63, 3.8) is 0 Å². The highest BCUT2D eigenvalue weighted by Crippen LogP contribution is 2.29. The van der Waals surface area contributed by atoms with Crippen molar-refractivity contribution in [2.45, 2.75) is 13.1 Å². The van der Waals surface area contributed by atoms with E-state index in [1.807, 2.05) is 19.1 Å². The molecule has 0 radical (unpaired) electrons. The maximum absolute atomic E-state index is 12.8. The summed E-state index contributed by atoms with van der Waals surface area (Å²) in [5.74, 6) is -1.14. The molecular formula is C21H16F3N3O3. The maximum Gasteiger partial charge on any atom is 0.416 e. The van der Waals surface area contributed by atoms with Gasteiger partial charge in [0.25, 0.3) is 11.8 Å². The number of nitrogens with one attached hydrogen (secondary N) is 2. The number of alkyl halides is 3. The van der Waals surface area contributed by atoms with Crippen LogP contribution in [0.1, 0.15) is 31.8 Å². The number of hydrazine groups is 1. The molecule has 2 N–H and O–H groups in total. The van der Waals surface area contributed by atoms with Crippen LogP contribution in [-0.4, -0.2) is 16.8 Å². The van der Waals surface area contributed by atoms with Gasteiger partial charge >= 0.3 is 6.18 Å². The molecule has 3 aromatic rings. The Balaban J connectivity index is 1.71. The van der Waals surface area contributed by atoms with Crippen LogP contribution in [0, 0.1) is 6.92 Å². The van der Waals surface area contributed by atoms with Crippen molar-refractivity contribution >= 4 is 11.8 Å². The van der Waals surface area contributed by atoms with Crippen LogP contribution in [0.5, 0.6) is 11.6 Å². The summed E-state index contributed by atoms with van der Waals surface area (Å²) in [4.78, 5) is 28.7. The molecule has 1 heterocycles. The van der Waals surface area contributed by atoms with Gasteiger partial charge in [-0.2, -0.15) is 13.2 Å². The number of amides is 2. The average molecular weight is 415 g/mol. The molecule has 0 saturated heterocycles. The lowest BCUT2D eigenvalue weighted by molar-refractivity contribution is -0.137. The fraction of sp³-hybridized carbons (Fsp3) is 0.0952. The minimum absolute atomic E-state index is 0.0117. The van der Waals surface area contributed by atoms with Crippen molar-refractivity contribution in [3.05, 3.63) is 89.1 Å². The fourth-order valence-corrected chi connectivity index (χ4v) is 2.51. The van der Waals surface area contributed by atoms with Crippen LogP contribution in [0.4, 0.5) is 13.2 Å². The van der Waals surface area contributed by atoms with Crippen molar-refractivity contribution < 1.29 is 27.5 Å². The molecule has 0 unspecified atom stereocenters. The van der Waals surface area contributed by atoms with Gasteiger partial charge in [0.2, 0.25) is 5.88 Å². The number of carbonyl (C=O) groups excluding carboxylic acids is 2. The molecule has 0 aliphatic carbocycles. The van der Waals surface area contributed by atoms with Gasteiger partial charge in [-0.05, 0) is 48.9 Å². The average Bonchev–Trinajstić information content (AvgIpc) is 2.73. The van der Waals surface area contributed by atoms with Crippen LogP contribution in [0.25, 0.3) is 0 Å². The Morgan fingerprint density at radius 1 is 0.933 bits per heavy atom. The first-order chi connectivity index (χ1) is 14.3. The smallest absolute Gasteiger partial charge is 0.416 e. The molecule has 154 valence electrons. The highest BCUT2D eigenvalue weighted by atomic mass is 19.4. The third kappa shape index (κ3) is 4.93. The van der Waals surface area contributed by atoms with Gasteiger partial charge in [-0.25, -0.2) is 4.98 Å². The lowest BCUT2D eigenvalue weighted by Crippen LogP contribution is -2.41. The van der Waals surface area contributed by atoms with E-state index in [0.717, 1.165) is 17.7 Å². The number of benzene rings is 2. The summed E-state index contributed by atoms with van der Waals surface area (Å²) in [7, 11) is 0. The third-order valence-electron chi connectivity index (χ3n) is 4.06. The van der Waals surface area contributed by atoms with Crippen LogP contribution in [0.2, 0.25) is 0 Å². The molecule has 3 rings (SSSR count). The van der Waals surface area contributed by atoms with Crippen LogP contribution in [0.3, 0.4) is 0 Å². The number of nitrogens with zero attached hydrogens (tertiary/aromatic N) is 1. The Kier molecular flexibility index (Phi) is 6.01. The second kappa shape index (κ2) is 8.64. The molecule has 9 heteroatoms. The van der Waals surface area contributed by atoms with Gasteiger partial charge < -0.3 is 4.74 Å². The summed E-state index contributed by atoms with van der Waals surface area (Å²) in [6.07, 6.45) is -3.15. The summed E-state index contributed by atoms with van der Waals surface area (Å²) in [5, 5.41) is 0. The van der Waals surface area contributed by atoms with Gasteiger partial charge in [-0.3, -0.25) is 20.4 Å². The van der Waals surface area contributed by atoms with E-state index >= 15 is 0 Å². The summed E-state index contributed by atoms with van der Waals surface area (Å²) in [6, 6.07) is 13.9. The van der Waals surface area contributed by atoms with Crippen molar-refractivity contribution in [2.24, 2.45) is 0 Å². The van der Waals surface area contributed by atoms with Crippen molar-refractivity contribution in [1.29, 1.82) is 0 Å². The molecule has 0 fully saturated rings. The first kappa shape index (κ1) is 20.8. The topological polar surface area (TPSA) is 80.3 Å². The van der Waals surface area contributed by atoms with Crippen LogP contribution < -0.4 is 15.6 Å². The predicted molar refractivity (Wildman–Crippen MR) is 102 cm³/mol. The Morgan fingerprint density at radius 3 is 2.40 bits per heavy atom. The number of aromatic nitrogens is 1. The van der Waals surface area contributed by atoms with Gasteiger partial charge in [0.15, 0.2) is 0 Å². The monoisotopic (exact) mass is 415 g/mol. The highest BCUT2D eigenvalue weighted by Gasteiger charge is 2.31. The Hall–Kier alpha value is -3.88. The molecular weight excluding hydrogens is 399 g/mol. The number of ether oxygens (including phenoxy) is 1. The number of pyridine rings is 1. The number of hydrogen-bond donors (Lipinski definition) is 2. The molecule has 2 aromatic carbocycles. The van der Waals surface area contributed by atoms with Crippen molar-refractivity contribution in [3.8, 4) is 11.6 Å². The standard InChI is InChI=1S/C21H16F3N3O3/c1-13-6-2-3-10-17(13)30-20-16(9-5-11-25-20)19(29)27-26-18(28)14-7-4-8-15(12-14)21(22,23)24/h2-12H,1H3,(H,26,28)(H,27,29). The van der Waals surface area contributed by atoms with E-state index in [4.69, 9.17) is 4.74 Å². The molecule has 0 aliphatic heterocycles. The van der Waals surface area contributed by atoms with Crippen LogP contribution in [0.15, 0.2) is 66.9 Å². The second-order valence-electron chi connectivity index (χ2n) is 6.21. The molecule has 0 atom stereocenters. The van der Waals surface area contributed by atoms with Gasteiger partial charge in [-0.1, -0.05) is 24.3 Å². The normalized spacial score (nSPS) is 10.9. The molecule has 0 spiro atoms. The third-order valence-corrected chi connectivity index (χ3v) is 4.06. The number of para-hydroxylation sites is 1. The lowest BCUT2D eigenvalue weighted by atomic mass is 10.1. The van der Waals surface area contributed by atoms with Gasteiger partial charge in [-0.15, -0.1) is 0 Å². The van der Waals surface area contributed by atoms with Gasteiger partial charge in [0.05, 0.1) is 5.56 Å². The quantitative estimate of drug-likeness (QED) is 0.624. The first-order valence-electron chi connectivity index (χ1n) is 8.72. The highest BCUT2D eigenvalue weighted by molar-refractivity contribution is 6.00. The number of hydrogen-bond acceptors (Lipinski definition) is 4. The predicted octanol–water partition coefficient (Wildman–Crippen LogP) is 4.28. The Bertz CT molecular complexity index is 1080. The summed E-state index contributed by atoms with van der Waals surface area (Å²) >= 11 is 0. The van der Waals surface area contributed by atoms with E-state index in [0.29, 0.717) is 11.8 Å². The zero-order valence-electron chi connectivity index (χ0n) is 15.7. The van der Waals surface area contributed by atoms with E-state index in [2.05, 4.69) is 15.8 Å². The summed E-state index contributed by atoms with van der Waals surface area (Å²) < 4.78 is 44.1. The summed E-state index contributed by atoms with van der Waals surface area (Å²) in [5.41, 5.74) is 3.88. The van der Waals surface area contributed by atoms with Crippen LogP contribution >= 0.6 is 0 Å². The Morgan fingerprint density at radius 2 is 1.67 bits per heavy atom. The number of rotatable bonds is 4. The van der Waals surface area contributed by atoms with Crippen LogP contribution in [-0.2, 0) is 6.18 Å². The van der Waals surface area contributed by atoms with Crippen molar-refractivity contribution in [2.75, 3.05) is 0 Å². The molecule has 1 aromatic heterocycles. The zero-order chi connectivity index (χ0) is 21.7. The van der Waals surface area contributed by atoms with E-state index < -0.39 is 23.6 Å². The molecule has 6 nitrogen and oxygen atoms in total. The maximum atomic E-state index is 12.8. The largest absolute Gasteiger partial charge is 0.438 e. The molecule has 0 saturated carbocycles. The second-order valence-corrected chi connectivity index (χ2v) is 6.21. The molecule has 2 amide bonds. The molecule has 0 bridgehead atoms. The fourth-order valence-electron chi connectivity index (χ4n) is 2.51. The molecule has 30 heavy (non-hydrogen) atoms. The SMILES string of the molecule is Cc1ccccc1Oc1ncccc1C(=O)NNC(=O)c1cccc(C(F)(F)F)c1. The number of carbonyl (C=O) groups is 2. The lowest BCUT2D eigenvalue weighted by Gasteiger charge is -2.13.